The van der Waals surface area contributed by atoms with Crippen molar-refractivity contribution in [2.45, 2.75) is 13.5 Å². The minimum absolute atomic E-state index is 0.179. The predicted molar refractivity (Wildman–Crippen MR) is 83.9 cm³/mol. The van der Waals surface area contributed by atoms with Crippen LogP contribution in [0.1, 0.15) is 12.5 Å². The lowest BCUT2D eigenvalue weighted by Gasteiger charge is -2.05. The van der Waals surface area contributed by atoms with Crippen LogP contribution in [0.4, 0.5) is 0 Å². The van der Waals surface area contributed by atoms with Crippen molar-refractivity contribution in [3.8, 4) is 0 Å². The Balaban J connectivity index is 2.13. The highest BCUT2D eigenvalue weighted by Gasteiger charge is 2.07. The number of ether oxygens (including phenoxy) is 1. The lowest BCUT2D eigenvalue weighted by Crippen LogP contribution is -2.21. The zero-order chi connectivity index (χ0) is 15.2. The number of carbonyl (C=O) groups is 1. The molecule has 1 amide bonds. The number of hydrogen-bond donors (Lipinski definition) is 1. The van der Waals surface area contributed by atoms with E-state index in [0.717, 1.165) is 5.56 Å². The molecule has 0 unspecified atom stereocenters. The van der Waals surface area contributed by atoms with Crippen molar-refractivity contribution in [2.24, 2.45) is 0 Å². The van der Waals surface area contributed by atoms with Crippen LogP contribution in [0.3, 0.4) is 0 Å². The Bertz CT molecular complexity index is 705. The predicted octanol–water partition coefficient (Wildman–Crippen LogP) is 2.63. The Kier molecular flexibility index (Phi) is 4.72. The van der Waals surface area contributed by atoms with Crippen molar-refractivity contribution >= 4 is 23.4 Å². The van der Waals surface area contributed by atoms with Gasteiger partial charge in [-0.05, 0) is 16.8 Å². The average molecular weight is 283 g/mol. The van der Waals surface area contributed by atoms with Gasteiger partial charge in [0, 0.05) is 12.5 Å². The highest BCUT2D eigenvalue weighted by molar-refractivity contribution is 5.82. The molecule has 2 aromatic rings. The highest BCUT2D eigenvalue weighted by atomic mass is 16.5. The van der Waals surface area contributed by atoms with E-state index in [2.05, 4.69) is 42.4 Å². The van der Waals surface area contributed by atoms with Crippen LogP contribution in [0, 0.1) is 0 Å². The van der Waals surface area contributed by atoms with E-state index in [-0.39, 0.29) is 5.91 Å². The van der Waals surface area contributed by atoms with Crippen molar-refractivity contribution < 1.29 is 14.1 Å². The Morgan fingerprint density at radius 1 is 1.29 bits per heavy atom. The number of benzene rings is 2. The van der Waals surface area contributed by atoms with Crippen LogP contribution in [0.15, 0.2) is 54.5 Å². The molecule has 0 aliphatic carbocycles. The number of hydrogen-bond acceptors (Lipinski definition) is 2. The van der Waals surface area contributed by atoms with E-state index in [0.29, 0.717) is 12.4 Å². The Hall–Kier alpha value is -2.62. The number of methoxy groups -OCH3 is 1. The van der Waals surface area contributed by atoms with Crippen molar-refractivity contribution in [1.29, 1.82) is 0 Å². The molecular formula is C17H19N2O2+. The first kappa shape index (κ1) is 14.8. The van der Waals surface area contributed by atoms with Gasteiger partial charge in [-0.2, -0.15) is 0 Å². The van der Waals surface area contributed by atoms with Gasteiger partial charge in [-0.25, -0.2) is 4.58 Å². The molecule has 0 saturated heterocycles. The van der Waals surface area contributed by atoms with Crippen LogP contribution in [0.2, 0.25) is 0 Å². The van der Waals surface area contributed by atoms with Gasteiger partial charge in [0.1, 0.15) is 6.72 Å². The van der Waals surface area contributed by atoms with Gasteiger partial charge in [-0.1, -0.05) is 36.4 Å². The third-order valence-electron chi connectivity index (χ3n) is 3.02. The molecule has 0 radical (unpaired) electrons. The van der Waals surface area contributed by atoms with E-state index < -0.39 is 0 Å². The second-order valence-corrected chi connectivity index (χ2v) is 4.81. The lowest BCUT2D eigenvalue weighted by molar-refractivity contribution is -0.467. The molecule has 108 valence electrons. The molecular weight excluding hydrogens is 264 g/mol. The summed E-state index contributed by atoms with van der Waals surface area (Å²) in [6.07, 6.45) is 1.66. The zero-order valence-corrected chi connectivity index (χ0v) is 12.3. The summed E-state index contributed by atoms with van der Waals surface area (Å²) >= 11 is 0. The van der Waals surface area contributed by atoms with Crippen LogP contribution in [0.5, 0.6) is 0 Å². The molecule has 21 heavy (non-hydrogen) atoms. The normalized spacial score (nSPS) is 11.2. The van der Waals surface area contributed by atoms with E-state index in [9.17, 15) is 4.79 Å². The van der Waals surface area contributed by atoms with Crippen molar-refractivity contribution in [2.75, 3.05) is 7.11 Å². The van der Waals surface area contributed by atoms with Gasteiger partial charge < -0.3 is 4.74 Å². The Morgan fingerprint density at radius 2 is 2.00 bits per heavy atom. The van der Waals surface area contributed by atoms with Gasteiger partial charge in [-0.15, -0.1) is 0 Å². The fourth-order valence-electron chi connectivity index (χ4n) is 2.09. The quantitative estimate of drug-likeness (QED) is 0.520. The number of nitrogens with zero attached hydrogens (tertiary/aromatic N) is 1. The van der Waals surface area contributed by atoms with Gasteiger partial charge in [0.05, 0.1) is 7.11 Å². The molecule has 0 saturated carbocycles. The van der Waals surface area contributed by atoms with Crippen LogP contribution in [0.25, 0.3) is 10.8 Å². The summed E-state index contributed by atoms with van der Waals surface area (Å²) in [4.78, 5) is 11.0. The smallest absolute Gasteiger partial charge is 0.259 e. The third kappa shape index (κ3) is 4.18. The van der Waals surface area contributed by atoms with E-state index in [1.54, 1.807) is 10.8 Å². The molecule has 0 fully saturated rings. The maximum atomic E-state index is 11.0. The lowest BCUT2D eigenvalue weighted by atomic mass is 10.1. The van der Waals surface area contributed by atoms with Crippen LogP contribution >= 0.6 is 0 Å². The van der Waals surface area contributed by atoms with Crippen LogP contribution in [-0.4, -0.2) is 24.3 Å². The molecule has 0 aliphatic rings. The second-order valence-electron chi connectivity index (χ2n) is 4.81. The first-order valence-electron chi connectivity index (χ1n) is 6.66. The highest BCUT2D eigenvalue weighted by Crippen LogP contribution is 2.16. The summed E-state index contributed by atoms with van der Waals surface area (Å²) in [6, 6.07) is 14.5. The van der Waals surface area contributed by atoms with E-state index in [4.69, 9.17) is 4.74 Å². The number of amides is 1. The van der Waals surface area contributed by atoms with Crippen LogP contribution in [-0.2, 0) is 16.1 Å². The van der Waals surface area contributed by atoms with Crippen molar-refractivity contribution in [1.82, 2.24) is 5.32 Å². The first-order valence-corrected chi connectivity index (χ1v) is 6.66. The summed E-state index contributed by atoms with van der Waals surface area (Å²) in [5.41, 5.74) is 1.14. The number of rotatable bonds is 5. The SMILES string of the molecule is C=[N+](/C=C(/NC(C)=O)OC)Cc1ccc2ccccc2c1. The van der Waals surface area contributed by atoms with E-state index in [1.807, 2.05) is 12.1 Å². The van der Waals surface area contributed by atoms with Gasteiger partial charge in [-0.3, -0.25) is 10.1 Å². The minimum Gasteiger partial charge on any atom is -0.478 e. The second kappa shape index (κ2) is 6.70. The molecule has 2 aromatic carbocycles. The van der Waals surface area contributed by atoms with Crippen molar-refractivity contribution in [3.05, 3.63) is 60.1 Å². The topological polar surface area (TPSA) is 41.3 Å². The summed E-state index contributed by atoms with van der Waals surface area (Å²) in [5, 5.41) is 5.00. The molecule has 0 aromatic heterocycles. The van der Waals surface area contributed by atoms with Gasteiger partial charge in [0.25, 0.3) is 5.88 Å². The Morgan fingerprint density at radius 3 is 2.67 bits per heavy atom. The molecule has 4 heteroatoms. The maximum Gasteiger partial charge on any atom is 0.259 e. The standard InChI is InChI=1S/C17H18N2O2/c1-13(20)18-17(21-3)12-19(2)11-14-8-9-15-6-4-5-7-16(15)10-14/h4-10,12H,2,11H2,1,3H3/p+1/b17-12-. The molecule has 2 rings (SSSR count). The van der Waals surface area contributed by atoms with Gasteiger partial charge in [0.2, 0.25) is 12.1 Å². The summed E-state index contributed by atoms with van der Waals surface area (Å²) in [5.74, 6) is 0.195. The molecule has 1 N–H and O–H groups in total. The first-order chi connectivity index (χ1) is 10.1. The monoisotopic (exact) mass is 283 g/mol. The molecule has 0 atom stereocenters. The van der Waals surface area contributed by atoms with Crippen molar-refractivity contribution in [3.63, 3.8) is 0 Å². The summed E-state index contributed by atoms with van der Waals surface area (Å²) in [7, 11) is 1.51. The molecule has 0 heterocycles. The van der Waals surface area contributed by atoms with E-state index >= 15 is 0 Å². The summed E-state index contributed by atoms with van der Waals surface area (Å²) < 4.78 is 6.81. The molecule has 0 spiro atoms. The van der Waals surface area contributed by atoms with Gasteiger partial charge in [0.15, 0.2) is 6.54 Å². The fourth-order valence-corrected chi connectivity index (χ4v) is 2.09. The molecule has 0 aliphatic heterocycles. The number of nitrogens with one attached hydrogen (secondary N) is 1. The maximum absolute atomic E-state index is 11.0. The Labute approximate surface area is 124 Å². The number of carbonyl (C=O) groups excluding carboxylic acids is 1. The molecule has 4 nitrogen and oxygen atoms in total. The average Bonchev–Trinajstić information content (AvgIpc) is 2.45. The zero-order valence-electron chi connectivity index (χ0n) is 12.3. The minimum atomic E-state index is -0.179. The van der Waals surface area contributed by atoms with E-state index in [1.165, 1.54) is 24.8 Å². The third-order valence-corrected chi connectivity index (χ3v) is 3.02. The summed E-state index contributed by atoms with van der Waals surface area (Å²) in [6.45, 7) is 5.99. The molecule has 0 bridgehead atoms. The fraction of sp³-hybridized carbons (Fsp3) is 0.176. The largest absolute Gasteiger partial charge is 0.478 e. The van der Waals surface area contributed by atoms with Crippen LogP contribution < -0.4 is 5.32 Å². The number of fused-ring (bicyclic) bond motifs is 1. The van der Waals surface area contributed by atoms with Gasteiger partial charge >= 0.3 is 0 Å².